The molecule has 13 heteroatoms. The Kier molecular flexibility index (Phi) is 7.47. The summed E-state index contributed by atoms with van der Waals surface area (Å²) in [4.78, 5) is 17.8. The van der Waals surface area contributed by atoms with Crippen LogP contribution in [0.3, 0.4) is 0 Å². The molecule has 0 amide bonds. The van der Waals surface area contributed by atoms with Gasteiger partial charge in [-0.05, 0) is 0 Å². The fourth-order valence-electron chi connectivity index (χ4n) is 2.12. The lowest BCUT2D eigenvalue weighted by Gasteiger charge is -2.41. The highest BCUT2D eigenvalue weighted by molar-refractivity contribution is 7.46. The number of ether oxygens (including phenoxy) is 1. The van der Waals surface area contributed by atoms with Crippen molar-refractivity contribution in [1.82, 2.24) is 0 Å². The van der Waals surface area contributed by atoms with E-state index in [1.165, 1.54) is 0 Å². The quantitative estimate of drug-likeness (QED) is 0.194. The van der Waals surface area contributed by atoms with Crippen molar-refractivity contribution < 1.29 is 59.4 Å². The van der Waals surface area contributed by atoms with Gasteiger partial charge in [-0.25, -0.2) is 4.57 Å². The van der Waals surface area contributed by atoms with E-state index < -0.39 is 69.9 Å². The molecule has 1 aliphatic heterocycles. The first-order valence-electron chi connectivity index (χ1n) is 6.54. The van der Waals surface area contributed by atoms with E-state index in [1.807, 2.05) is 0 Å². The van der Waals surface area contributed by atoms with Crippen LogP contribution in [0.15, 0.2) is 0 Å². The highest BCUT2D eigenvalue weighted by Crippen LogP contribution is 2.41. The van der Waals surface area contributed by atoms with E-state index in [-0.39, 0.29) is 0 Å². The molecule has 9 N–H and O–H groups in total. The average molecular weight is 364 g/mol. The van der Waals surface area contributed by atoms with E-state index in [1.54, 1.807) is 0 Å². The van der Waals surface area contributed by atoms with E-state index in [9.17, 15) is 35.2 Å². The summed E-state index contributed by atoms with van der Waals surface area (Å²) in [7, 11) is -5.23. The molecule has 12 nitrogen and oxygen atoms in total. The zero-order chi connectivity index (χ0) is 17.9. The van der Waals surface area contributed by atoms with Crippen LogP contribution in [-0.2, 0) is 13.8 Å². The Morgan fingerprint density at radius 2 is 1.65 bits per heavy atom. The molecule has 0 aromatic rings. The molecule has 0 aliphatic carbocycles. The first-order valence-corrected chi connectivity index (χ1v) is 8.07. The van der Waals surface area contributed by atoms with Crippen molar-refractivity contribution in [3.8, 4) is 0 Å². The molecule has 1 aliphatic rings. The second kappa shape index (κ2) is 8.25. The van der Waals surface area contributed by atoms with Crippen LogP contribution in [-0.4, -0.2) is 108 Å². The normalized spacial score (nSPS) is 34.7. The highest BCUT2D eigenvalue weighted by Gasteiger charge is 2.48. The summed E-state index contributed by atoms with van der Waals surface area (Å²) in [5.41, 5.74) is 0. The van der Waals surface area contributed by atoms with Crippen molar-refractivity contribution in [2.24, 2.45) is 0 Å². The number of hydrogen-bond acceptors (Lipinski definition) is 10. The van der Waals surface area contributed by atoms with Crippen LogP contribution in [0.4, 0.5) is 0 Å². The van der Waals surface area contributed by atoms with Crippen molar-refractivity contribution in [2.75, 3.05) is 13.2 Å². The van der Waals surface area contributed by atoms with Crippen molar-refractivity contribution in [3.63, 3.8) is 0 Å². The van der Waals surface area contributed by atoms with E-state index in [0.29, 0.717) is 0 Å². The summed E-state index contributed by atoms with van der Waals surface area (Å²) >= 11 is 0. The Bertz CT molecular complexity index is 415. The summed E-state index contributed by atoms with van der Waals surface area (Å²) in [5, 5.41) is 66.4. The Morgan fingerprint density at radius 1 is 1.09 bits per heavy atom. The number of hydrogen-bond donors (Lipinski definition) is 9. The van der Waals surface area contributed by atoms with Crippen molar-refractivity contribution >= 4 is 7.82 Å². The summed E-state index contributed by atoms with van der Waals surface area (Å²) in [6, 6.07) is 0. The molecule has 1 fully saturated rings. The standard InChI is InChI=1S/C10H21O12P/c11-1-3(12)5(14)8(17)10(22-23(18,19)20)9-7(16)6(15)4(13)2-21-9/h3-17H,1-2H2,(H2,18,19,20)/t3-,4-,5-,6-,7-,8-,9?,10?/m1/s1. The first-order chi connectivity index (χ1) is 10.5. The lowest BCUT2D eigenvalue weighted by Crippen LogP contribution is -2.61. The number of rotatable bonds is 7. The largest absolute Gasteiger partial charge is 0.470 e. The third-order valence-corrected chi connectivity index (χ3v) is 3.91. The van der Waals surface area contributed by atoms with Gasteiger partial charge in [-0.15, -0.1) is 0 Å². The summed E-state index contributed by atoms with van der Waals surface area (Å²) in [6.07, 6.45) is -15.2. The van der Waals surface area contributed by atoms with Crippen molar-refractivity contribution in [2.45, 2.75) is 48.8 Å². The molecule has 8 atom stereocenters. The molecule has 1 saturated heterocycles. The third kappa shape index (κ3) is 5.39. The SMILES string of the molecule is O=P(O)(O)OC(C1OC[C@@H](O)[C@@H](O)[C@H]1O)[C@H](O)[C@H](O)[C@H](O)CO. The minimum absolute atomic E-state index is 0.546. The van der Waals surface area contributed by atoms with Gasteiger partial charge in [0.2, 0.25) is 0 Å². The fraction of sp³-hybridized carbons (Fsp3) is 1.00. The molecule has 0 aromatic heterocycles. The number of phosphoric ester groups is 1. The minimum atomic E-state index is -5.23. The van der Waals surface area contributed by atoms with Crippen molar-refractivity contribution in [3.05, 3.63) is 0 Å². The van der Waals surface area contributed by atoms with Gasteiger partial charge in [0, 0.05) is 0 Å². The topological polar surface area (TPSA) is 218 Å². The zero-order valence-corrected chi connectivity index (χ0v) is 12.6. The van der Waals surface area contributed by atoms with Gasteiger partial charge in [-0.1, -0.05) is 0 Å². The molecule has 1 heterocycles. The van der Waals surface area contributed by atoms with E-state index in [2.05, 4.69) is 4.52 Å². The van der Waals surface area contributed by atoms with Gasteiger partial charge in [0.25, 0.3) is 0 Å². The second-order valence-corrected chi connectivity index (χ2v) is 6.33. The molecule has 0 saturated carbocycles. The monoisotopic (exact) mass is 364 g/mol. The number of aliphatic hydroxyl groups is 7. The van der Waals surface area contributed by atoms with Gasteiger partial charge in [-0.2, -0.15) is 0 Å². The molecular formula is C10H21O12P. The van der Waals surface area contributed by atoms with E-state index in [0.717, 1.165) is 0 Å². The van der Waals surface area contributed by atoms with Gasteiger partial charge in [0.1, 0.15) is 48.8 Å². The number of phosphoric acid groups is 1. The third-order valence-electron chi connectivity index (χ3n) is 3.39. The molecule has 23 heavy (non-hydrogen) atoms. The van der Waals surface area contributed by atoms with Crippen LogP contribution in [0.25, 0.3) is 0 Å². The average Bonchev–Trinajstić information content (AvgIpc) is 2.47. The Hall–Kier alpha value is -0.210. The predicted molar refractivity (Wildman–Crippen MR) is 69.8 cm³/mol. The summed E-state index contributed by atoms with van der Waals surface area (Å²) in [6.45, 7) is -1.52. The Labute approximate surface area is 130 Å². The van der Waals surface area contributed by atoms with Crippen LogP contribution in [0, 0.1) is 0 Å². The lowest BCUT2D eigenvalue weighted by atomic mass is 9.91. The maximum Gasteiger partial charge on any atom is 0.470 e. The molecular weight excluding hydrogens is 343 g/mol. The van der Waals surface area contributed by atoms with Gasteiger partial charge in [0.05, 0.1) is 13.2 Å². The van der Waals surface area contributed by atoms with Crippen LogP contribution >= 0.6 is 7.82 Å². The number of aliphatic hydroxyl groups excluding tert-OH is 7. The smallest absolute Gasteiger partial charge is 0.394 e. The van der Waals surface area contributed by atoms with Gasteiger partial charge >= 0.3 is 7.82 Å². The first kappa shape index (κ1) is 20.8. The molecule has 1 rings (SSSR count). The maximum atomic E-state index is 11.0. The molecule has 0 bridgehead atoms. The van der Waals surface area contributed by atoms with Gasteiger partial charge < -0.3 is 50.3 Å². The predicted octanol–water partition coefficient (Wildman–Crippen LogP) is -4.98. The Balaban J connectivity index is 3.03. The minimum Gasteiger partial charge on any atom is -0.394 e. The summed E-state index contributed by atoms with van der Waals surface area (Å²) in [5.74, 6) is 0. The van der Waals surface area contributed by atoms with Crippen LogP contribution in [0.5, 0.6) is 0 Å². The molecule has 138 valence electrons. The van der Waals surface area contributed by atoms with Gasteiger partial charge in [-0.3, -0.25) is 4.52 Å². The van der Waals surface area contributed by atoms with E-state index >= 15 is 0 Å². The van der Waals surface area contributed by atoms with Crippen LogP contribution in [0.1, 0.15) is 0 Å². The van der Waals surface area contributed by atoms with Crippen LogP contribution < -0.4 is 0 Å². The fourth-order valence-corrected chi connectivity index (χ4v) is 2.68. The second-order valence-electron chi connectivity index (χ2n) is 5.14. The molecule has 0 aromatic carbocycles. The molecule has 0 spiro atoms. The lowest BCUT2D eigenvalue weighted by molar-refractivity contribution is -0.229. The summed E-state index contributed by atoms with van der Waals surface area (Å²) < 4.78 is 20.2. The van der Waals surface area contributed by atoms with Gasteiger partial charge in [0.15, 0.2) is 0 Å². The molecule has 2 unspecified atom stereocenters. The zero-order valence-electron chi connectivity index (χ0n) is 11.7. The maximum absolute atomic E-state index is 11.0. The van der Waals surface area contributed by atoms with Crippen LogP contribution in [0.2, 0.25) is 0 Å². The Morgan fingerprint density at radius 3 is 2.13 bits per heavy atom. The van der Waals surface area contributed by atoms with E-state index in [4.69, 9.17) is 19.6 Å². The van der Waals surface area contributed by atoms with Crippen molar-refractivity contribution in [1.29, 1.82) is 0 Å². The highest BCUT2D eigenvalue weighted by atomic mass is 31.2. The molecule has 0 radical (unpaired) electrons.